The summed E-state index contributed by atoms with van der Waals surface area (Å²) in [4.78, 5) is 16.5. The molecule has 0 saturated heterocycles. The first kappa shape index (κ1) is 27.0. The van der Waals surface area contributed by atoms with Crippen LogP contribution >= 0.6 is 0 Å². The molecular weight excluding hydrogens is 489 g/mol. The minimum Gasteiger partial charge on any atom is -0.497 e. The highest BCUT2D eigenvalue weighted by atomic mass is 19.1. The molecule has 0 bridgehead atoms. The number of alkyl carbamates (subject to hydrolysis) is 1. The Morgan fingerprint density at radius 1 is 1.11 bits per heavy atom. The quantitative estimate of drug-likeness (QED) is 0.350. The fourth-order valence-electron chi connectivity index (χ4n) is 3.49. The van der Waals surface area contributed by atoms with Gasteiger partial charge in [-0.3, -0.25) is 0 Å². The second-order valence-electron chi connectivity index (χ2n) is 10.1. The van der Waals surface area contributed by atoms with Gasteiger partial charge in [-0.2, -0.15) is 4.98 Å². The van der Waals surface area contributed by atoms with Crippen LogP contribution in [-0.2, 0) is 11.3 Å². The summed E-state index contributed by atoms with van der Waals surface area (Å²) in [6, 6.07) is 15.6. The number of nitrogens with zero attached hydrogens (tertiary/aromatic N) is 3. The zero-order chi connectivity index (χ0) is 27.1. The smallest absolute Gasteiger partial charge is 0.407 e. The zero-order valence-corrected chi connectivity index (χ0v) is 22.2. The minimum atomic E-state index is -0.628. The Kier molecular flexibility index (Phi) is 8.50. The molecule has 1 heterocycles. The van der Waals surface area contributed by atoms with Crippen molar-refractivity contribution in [1.82, 2.24) is 20.1 Å². The van der Waals surface area contributed by atoms with E-state index in [1.54, 1.807) is 40.0 Å². The minimum absolute atomic E-state index is 0.0180. The number of anilines is 1. The van der Waals surface area contributed by atoms with E-state index in [4.69, 9.17) is 24.3 Å². The van der Waals surface area contributed by atoms with Crippen molar-refractivity contribution in [3.05, 3.63) is 66.0 Å². The molecule has 1 aliphatic rings. The van der Waals surface area contributed by atoms with E-state index in [2.05, 4.69) is 10.6 Å². The van der Waals surface area contributed by atoms with Crippen LogP contribution < -0.4 is 20.1 Å². The first-order valence-electron chi connectivity index (χ1n) is 12.5. The topological polar surface area (TPSA) is 99.5 Å². The van der Waals surface area contributed by atoms with Crippen LogP contribution in [0.15, 0.2) is 60.4 Å². The Hall–Kier alpha value is -4.08. The highest BCUT2D eigenvalue weighted by Crippen LogP contribution is 2.27. The monoisotopic (exact) mass is 523 g/mol. The number of rotatable bonds is 11. The number of ether oxygens (including phenoxy) is 3. The van der Waals surface area contributed by atoms with Crippen LogP contribution in [0.25, 0.3) is 11.4 Å². The maximum Gasteiger partial charge on any atom is 0.407 e. The van der Waals surface area contributed by atoms with Gasteiger partial charge in [0.2, 0.25) is 5.95 Å². The Morgan fingerprint density at radius 3 is 2.39 bits per heavy atom. The average Bonchev–Trinajstić information content (AvgIpc) is 3.63. The van der Waals surface area contributed by atoms with Crippen molar-refractivity contribution in [3.8, 4) is 22.9 Å². The molecule has 4 rings (SSSR count). The molecule has 9 nitrogen and oxygen atoms in total. The SMILES string of the molecule is COc1ccc(Cn2nc(-c3ccc(OC/C(=C/F)CNC(=O)OC(C)(C)C)cc3)nc2NC2CC2)cc1. The fourth-order valence-corrected chi connectivity index (χ4v) is 3.49. The van der Waals surface area contributed by atoms with Crippen molar-refractivity contribution >= 4 is 12.0 Å². The summed E-state index contributed by atoms with van der Waals surface area (Å²) in [5, 5.41) is 10.7. The number of hydrogen-bond acceptors (Lipinski definition) is 7. The number of methoxy groups -OCH3 is 1. The van der Waals surface area contributed by atoms with Crippen LogP contribution in [0.1, 0.15) is 39.2 Å². The number of aromatic nitrogens is 3. The molecule has 1 amide bonds. The van der Waals surface area contributed by atoms with Crippen LogP contribution in [-0.4, -0.2) is 52.8 Å². The lowest BCUT2D eigenvalue weighted by atomic mass is 10.2. The van der Waals surface area contributed by atoms with E-state index in [1.807, 2.05) is 41.1 Å². The maximum atomic E-state index is 13.3. The van der Waals surface area contributed by atoms with Crippen LogP contribution in [0, 0.1) is 0 Å². The molecule has 38 heavy (non-hydrogen) atoms. The molecule has 0 aliphatic heterocycles. The van der Waals surface area contributed by atoms with Gasteiger partial charge in [-0.25, -0.2) is 13.9 Å². The van der Waals surface area contributed by atoms with Crippen molar-refractivity contribution in [2.75, 3.05) is 25.6 Å². The van der Waals surface area contributed by atoms with Gasteiger partial charge >= 0.3 is 6.09 Å². The highest BCUT2D eigenvalue weighted by molar-refractivity contribution is 5.68. The first-order chi connectivity index (χ1) is 18.2. The standard InChI is InChI=1S/C28H34FN5O4/c1-28(2,3)38-27(35)30-16-20(15-29)18-37-24-13-7-21(8-14-24)25-32-26(31-22-9-10-22)34(33-25)17-19-5-11-23(36-4)12-6-19/h5-8,11-15,22H,9-10,16-18H2,1-4H3,(H,30,35)(H,31,32,33)/b20-15+. The number of amides is 1. The second kappa shape index (κ2) is 12.0. The largest absolute Gasteiger partial charge is 0.497 e. The van der Waals surface area contributed by atoms with Crippen molar-refractivity contribution < 1.29 is 23.4 Å². The molecule has 202 valence electrons. The average molecular weight is 524 g/mol. The third-order valence-corrected chi connectivity index (χ3v) is 5.62. The van der Waals surface area contributed by atoms with Crippen molar-refractivity contribution in [2.24, 2.45) is 0 Å². The lowest BCUT2D eigenvalue weighted by Crippen LogP contribution is -2.34. The molecule has 0 unspecified atom stereocenters. The summed E-state index contributed by atoms with van der Waals surface area (Å²) >= 11 is 0. The predicted molar refractivity (Wildman–Crippen MR) is 143 cm³/mol. The molecule has 2 N–H and O–H groups in total. The van der Waals surface area contributed by atoms with Gasteiger partial charge in [-0.05, 0) is 75.6 Å². The van der Waals surface area contributed by atoms with Crippen LogP contribution in [0.4, 0.5) is 15.1 Å². The lowest BCUT2D eigenvalue weighted by Gasteiger charge is -2.20. The summed E-state index contributed by atoms with van der Waals surface area (Å²) in [7, 11) is 1.65. The number of carbonyl (C=O) groups excluding carboxylic acids is 1. The second-order valence-corrected chi connectivity index (χ2v) is 10.1. The molecule has 0 atom stereocenters. The van der Waals surface area contributed by atoms with Gasteiger partial charge in [0.25, 0.3) is 0 Å². The number of hydrogen-bond donors (Lipinski definition) is 2. The molecule has 1 aromatic heterocycles. The van der Waals surface area contributed by atoms with Crippen molar-refractivity contribution in [1.29, 1.82) is 0 Å². The summed E-state index contributed by atoms with van der Waals surface area (Å²) in [5.74, 6) is 2.69. The molecule has 1 fully saturated rings. The first-order valence-corrected chi connectivity index (χ1v) is 12.5. The van der Waals surface area contributed by atoms with E-state index in [0.29, 0.717) is 30.5 Å². The number of nitrogens with one attached hydrogen (secondary N) is 2. The maximum absolute atomic E-state index is 13.3. The van der Waals surface area contributed by atoms with E-state index in [0.717, 1.165) is 35.7 Å². The van der Waals surface area contributed by atoms with Gasteiger partial charge < -0.3 is 24.8 Å². The van der Waals surface area contributed by atoms with E-state index >= 15 is 0 Å². The fraction of sp³-hybridized carbons (Fsp3) is 0.393. The molecule has 2 aromatic carbocycles. The molecule has 1 aliphatic carbocycles. The van der Waals surface area contributed by atoms with Gasteiger partial charge in [0.1, 0.15) is 23.7 Å². The Labute approximate surface area is 222 Å². The van der Waals surface area contributed by atoms with Crippen LogP contribution in [0.3, 0.4) is 0 Å². The Bertz CT molecular complexity index is 1250. The number of halogens is 1. The molecular formula is C28H34FN5O4. The van der Waals surface area contributed by atoms with Crippen molar-refractivity contribution in [2.45, 2.75) is 51.8 Å². The van der Waals surface area contributed by atoms with Gasteiger partial charge in [0.15, 0.2) is 5.82 Å². The normalized spacial score (nSPS) is 13.7. The zero-order valence-electron chi connectivity index (χ0n) is 22.2. The Morgan fingerprint density at radius 2 is 1.79 bits per heavy atom. The summed E-state index contributed by atoms with van der Waals surface area (Å²) < 4.78 is 31.3. The molecule has 1 saturated carbocycles. The number of benzene rings is 2. The van der Waals surface area contributed by atoms with Crippen LogP contribution in [0.2, 0.25) is 0 Å². The summed E-state index contributed by atoms with van der Waals surface area (Å²) in [6.45, 7) is 5.82. The lowest BCUT2D eigenvalue weighted by molar-refractivity contribution is 0.0531. The summed E-state index contributed by atoms with van der Waals surface area (Å²) in [6.07, 6.45) is 2.06. The molecule has 3 aromatic rings. The van der Waals surface area contributed by atoms with E-state index in [-0.39, 0.29) is 18.7 Å². The van der Waals surface area contributed by atoms with Crippen molar-refractivity contribution in [3.63, 3.8) is 0 Å². The third kappa shape index (κ3) is 7.96. The highest BCUT2D eigenvalue weighted by Gasteiger charge is 2.24. The summed E-state index contributed by atoms with van der Waals surface area (Å²) in [5.41, 5.74) is 1.56. The predicted octanol–water partition coefficient (Wildman–Crippen LogP) is 5.33. The van der Waals surface area contributed by atoms with Gasteiger partial charge in [-0.15, -0.1) is 5.10 Å². The molecule has 10 heteroatoms. The Balaban J connectivity index is 1.37. The third-order valence-electron chi connectivity index (χ3n) is 5.62. The molecule has 0 radical (unpaired) electrons. The van der Waals surface area contributed by atoms with Gasteiger partial charge in [0.05, 0.1) is 20.0 Å². The number of carbonyl (C=O) groups is 1. The molecule has 0 spiro atoms. The van der Waals surface area contributed by atoms with E-state index in [9.17, 15) is 9.18 Å². The van der Waals surface area contributed by atoms with Gasteiger partial charge in [-0.1, -0.05) is 12.1 Å². The van der Waals surface area contributed by atoms with Gasteiger partial charge in [0, 0.05) is 23.7 Å². The van der Waals surface area contributed by atoms with E-state index in [1.165, 1.54) is 0 Å². The van der Waals surface area contributed by atoms with E-state index < -0.39 is 11.7 Å². The van der Waals surface area contributed by atoms with Crippen LogP contribution in [0.5, 0.6) is 11.5 Å².